The third kappa shape index (κ3) is 4.22. The molecule has 1 atom stereocenters. The van der Waals surface area contributed by atoms with Gasteiger partial charge in [-0.15, -0.1) is 0 Å². The molecule has 0 heterocycles. The molecule has 0 saturated heterocycles. The summed E-state index contributed by atoms with van der Waals surface area (Å²) in [6.45, 7) is -0.0708. The molecule has 0 aliphatic rings. The van der Waals surface area contributed by atoms with Crippen molar-refractivity contribution in [2.75, 3.05) is 18.6 Å². The second kappa shape index (κ2) is 6.59. The molecule has 0 aliphatic carbocycles. The van der Waals surface area contributed by atoms with Gasteiger partial charge in [0, 0.05) is 40.0 Å². The van der Waals surface area contributed by atoms with Gasteiger partial charge in [-0.2, -0.15) is 0 Å². The lowest BCUT2D eigenvalue weighted by Gasteiger charge is -2.08. The number of halogens is 3. The minimum absolute atomic E-state index is 0.0708. The molecule has 112 valence electrons. The number of hydrogen-bond donors (Lipinski definition) is 1. The minimum Gasteiger partial charge on any atom is -0.351 e. The Morgan fingerprint density at radius 1 is 1.40 bits per heavy atom. The molecule has 20 heavy (non-hydrogen) atoms. The predicted octanol–water partition coefficient (Wildman–Crippen LogP) is 1.00. The van der Waals surface area contributed by atoms with E-state index in [1.807, 2.05) is 0 Å². The Morgan fingerprint density at radius 2 is 2.00 bits per heavy atom. The van der Waals surface area contributed by atoms with Gasteiger partial charge in [-0.1, -0.05) is 0 Å². The molecule has 0 fully saturated rings. The predicted molar refractivity (Wildman–Crippen MR) is 70.7 cm³/mol. The zero-order valence-corrected chi connectivity index (χ0v) is 12.5. The second-order valence-corrected chi connectivity index (χ2v) is 7.79. The van der Waals surface area contributed by atoms with Crippen LogP contribution in [0.4, 0.5) is 8.78 Å². The molecule has 10 heteroatoms. The number of amides is 1. The highest BCUT2D eigenvalue weighted by molar-refractivity contribution is 8.13. The van der Waals surface area contributed by atoms with E-state index < -0.39 is 47.9 Å². The van der Waals surface area contributed by atoms with Crippen LogP contribution in [0.3, 0.4) is 0 Å². The molecule has 0 aliphatic heterocycles. The summed E-state index contributed by atoms with van der Waals surface area (Å²) in [4.78, 5) is 10.6. The molecule has 0 spiro atoms. The highest BCUT2D eigenvalue weighted by atomic mass is 35.7. The average molecular weight is 346 g/mol. The van der Waals surface area contributed by atoms with Crippen molar-refractivity contribution in [2.24, 2.45) is 0 Å². The molecule has 0 bridgehead atoms. The largest absolute Gasteiger partial charge is 0.351 e. The van der Waals surface area contributed by atoms with E-state index in [-0.39, 0.29) is 12.3 Å². The van der Waals surface area contributed by atoms with Crippen LogP contribution >= 0.6 is 10.7 Å². The molecule has 0 aromatic heterocycles. The maximum atomic E-state index is 13.8. The van der Waals surface area contributed by atoms with Crippen LogP contribution in [0.1, 0.15) is 10.4 Å². The summed E-state index contributed by atoms with van der Waals surface area (Å²) >= 11 is 0. The van der Waals surface area contributed by atoms with Crippen molar-refractivity contribution in [2.45, 2.75) is 4.90 Å². The molecule has 1 aromatic carbocycles. The lowest BCUT2D eigenvalue weighted by Crippen LogP contribution is -2.29. The third-order valence-corrected chi connectivity index (χ3v) is 4.34. The van der Waals surface area contributed by atoms with Crippen LogP contribution in [0.5, 0.6) is 0 Å². The SMILES string of the molecule is CS(=O)CCNC(=O)c1c(F)ccc(S(=O)(=O)Cl)c1F. The fourth-order valence-corrected chi connectivity index (χ4v) is 2.62. The molecular weight excluding hydrogens is 336 g/mol. The van der Waals surface area contributed by atoms with E-state index in [1.54, 1.807) is 0 Å². The number of benzene rings is 1. The zero-order chi connectivity index (χ0) is 15.5. The summed E-state index contributed by atoms with van der Waals surface area (Å²) in [7, 11) is -0.648. The van der Waals surface area contributed by atoms with Crippen LogP contribution in [0.2, 0.25) is 0 Å². The lowest BCUT2D eigenvalue weighted by atomic mass is 10.2. The molecule has 0 saturated carbocycles. The molecule has 1 N–H and O–H groups in total. The van der Waals surface area contributed by atoms with Crippen molar-refractivity contribution in [1.29, 1.82) is 0 Å². The summed E-state index contributed by atoms with van der Waals surface area (Å²) in [6, 6.07) is 1.26. The van der Waals surface area contributed by atoms with Crippen molar-refractivity contribution in [3.63, 3.8) is 0 Å². The maximum absolute atomic E-state index is 13.8. The van der Waals surface area contributed by atoms with E-state index in [4.69, 9.17) is 10.7 Å². The normalized spacial score (nSPS) is 13.0. The van der Waals surface area contributed by atoms with E-state index in [1.165, 1.54) is 6.26 Å². The number of carbonyl (C=O) groups is 1. The van der Waals surface area contributed by atoms with Crippen molar-refractivity contribution in [3.8, 4) is 0 Å². The second-order valence-electron chi connectivity index (χ2n) is 3.71. The van der Waals surface area contributed by atoms with Crippen LogP contribution in [-0.4, -0.2) is 37.1 Å². The van der Waals surface area contributed by atoms with Gasteiger partial charge in [0.05, 0.1) is 0 Å². The Bertz CT molecular complexity index is 663. The van der Waals surface area contributed by atoms with Gasteiger partial charge in [-0.05, 0) is 12.1 Å². The summed E-state index contributed by atoms with van der Waals surface area (Å²) in [5, 5.41) is 2.14. The molecule has 1 amide bonds. The topological polar surface area (TPSA) is 80.3 Å². The first-order chi connectivity index (χ1) is 9.14. The monoisotopic (exact) mass is 345 g/mol. The van der Waals surface area contributed by atoms with Gasteiger partial charge in [0.2, 0.25) is 0 Å². The molecular formula is C10H10ClF2NO4S2. The lowest BCUT2D eigenvalue weighted by molar-refractivity contribution is 0.0947. The quantitative estimate of drug-likeness (QED) is 0.807. The molecule has 5 nitrogen and oxygen atoms in total. The third-order valence-electron chi connectivity index (χ3n) is 2.22. The smallest absolute Gasteiger partial charge is 0.264 e. The molecule has 1 unspecified atom stereocenters. The highest BCUT2D eigenvalue weighted by Gasteiger charge is 2.25. The van der Waals surface area contributed by atoms with Crippen LogP contribution in [-0.2, 0) is 19.9 Å². The standard InChI is InChI=1S/C10H10ClF2NO4S2/c1-19(16)5-4-14-10(15)8-6(12)2-3-7(9(8)13)20(11,17)18/h2-3H,4-5H2,1H3,(H,14,15). The summed E-state index contributed by atoms with van der Waals surface area (Å²) in [5.74, 6) is -3.83. The van der Waals surface area contributed by atoms with E-state index in [2.05, 4.69) is 5.32 Å². The number of rotatable bonds is 5. The molecule has 1 aromatic rings. The fraction of sp³-hybridized carbons (Fsp3) is 0.300. The summed E-state index contributed by atoms with van der Waals surface area (Å²) in [5.41, 5.74) is -1.05. The average Bonchev–Trinajstić information content (AvgIpc) is 2.26. The van der Waals surface area contributed by atoms with E-state index in [0.29, 0.717) is 12.1 Å². The van der Waals surface area contributed by atoms with E-state index in [9.17, 15) is 26.2 Å². The van der Waals surface area contributed by atoms with Gasteiger partial charge in [0.15, 0.2) is 5.82 Å². The van der Waals surface area contributed by atoms with Crippen molar-refractivity contribution in [3.05, 3.63) is 29.3 Å². The van der Waals surface area contributed by atoms with Gasteiger partial charge in [-0.25, -0.2) is 17.2 Å². The Morgan fingerprint density at radius 3 is 2.50 bits per heavy atom. The Kier molecular flexibility index (Phi) is 5.60. The first-order valence-electron chi connectivity index (χ1n) is 5.15. The number of carbonyl (C=O) groups excluding carboxylic acids is 1. The first-order valence-corrected chi connectivity index (χ1v) is 9.19. The Labute approximate surface area is 121 Å². The van der Waals surface area contributed by atoms with Gasteiger partial charge in [0.1, 0.15) is 16.3 Å². The van der Waals surface area contributed by atoms with Crippen LogP contribution in [0.25, 0.3) is 0 Å². The van der Waals surface area contributed by atoms with Crippen molar-refractivity contribution < 1.29 is 26.2 Å². The van der Waals surface area contributed by atoms with Gasteiger partial charge in [0.25, 0.3) is 15.0 Å². The maximum Gasteiger partial charge on any atom is 0.264 e. The van der Waals surface area contributed by atoms with E-state index >= 15 is 0 Å². The van der Waals surface area contributed by atoms with Crippen LogP contribution in [0, 0.1) is 11.6 Å². The molecule has 1 rings (SSSR count). The number of nitrogens with one attached hydrogen (secondary N) is 1. The molecule has 0 radical (unpaired) electrons. The summed E-state index contributed by atoms with van der Waals surface area (Å²) in [6.07, 6.45) is 1.40. The van der Waals surface area contributed by atoms with E-state index in [0.717, 1.165) is 0 Å². The summed E-state index contributed by atoms with van der Waals surface area (Å²) < 4.78 is 60.2. The van der Waals surface area contributed by atoms with Crippen molar-refractivity contribution in [1.82, 2.24) is 5.32 Å². The highest BCUT2D eigenvalue weighted by Crippen LogP contribution is 2.23. The van der Waals surface area contributed by atoms with Gasteiger partial charge in [-0.3, -0.25) is 9.00 Å². The Hall–Kier alpha value is -1.06. The van der Waals surface area contributed by atoms with Crippen LogP contribution in [0.15, 0.2) is 17.0 Å². The Balaban J connectivity index is 3.11. The van der Waals surface area contributed by atoms with Gasteiger partial charge < -0.3 is 5.32 Å². The minimum atomic E-state index is -4.44. The zero-order valence-electron chi connectivity index (χ0n) is 10.2. The van der Waals surface area contributed by atoms with Crippen LogP contribution < -0.4 is 5.32 Å². The van der Waals surface area contributed by atoms with Gasteiger partial charge >= 0.3 is 0 Å². The number of hydrogen-bond acceptors (Lipinski definition) is 4. The fourth-order valence-electron chi connectivity index (χ4n) is 1.33. The van der Waals surface area contributed by atoms with Crippen molar-refractivity contribution >= 4 is 36.4 Å². The first kappa shape index (κ1) is 17.0.